The van der Waals surface area contributed by atoms with Gasteiger partial charge >= 0.3 is 0 Å². The molecule has 10 nitrogen and oxygen atoms in total. The molecule has 2 N–H and O–H groups in total. The van der Waals surface area contributed by atoms with Crippen LogP contribution >= 0.6 is 43.2 Å². The molecule has 0 spiro atoms. The number of anilines is 4. The van der Waals surface area contributed by atoms with Crippen LogP contribution in [0.5, 0.6) is 0 Å². The molecule has 0 bridgehead atoms. The highest BCUT2D eigenvalue weighted by Crippen LogP contribution is 2.32. The first-order valence-electron chi connectivity index (χ1n) is 15.7. The summed E-state index contributed by atoms with van der Waals surface area (Å²) in [7, 11) is 7.03. The van der Waals surface area contributed by atoms with Gasteiger partial charge in [-0.2, -0.15) is 29.9 Å². The number of unbranched alkanes of at least 4 members (excludes halogenated alkanes) is 7. The third kappa shape index (κ3) is 14.4. The highest BCUT2D eigenvalue weighted by Gasteiger charge is 2.13. The van der Waals surface area contributed by atoms with Crippen molar-refractivity contribution in [1.82, 2.24) is 29.9 Å². The van der Waals surface area contributed by atoms with Crippen molar-refractivity contribution in [2.24, 2.45) is 0 Å². The lowest BCUT2D eigenvalue weighted by molar-refractivity contribution is 0.588. The maximum absolute atomic E-state index is 4.68. The maximum atomic E-state index is 4.68. The third-order valence-electron chi connectivity index (χ3n) is 6.44. The molecule has 0 aliphatic rings. The average molecular weight is 657 g/mol. The van der Waals surface area contributed by atoms with E-state index in [1.165, 1.54) is 51.4 Å². The minimum atomic E-state index is 0.667. The predicted octanol–water partition coefficient (Wildman–Crippen LogP) is 7.91. The summed E-state index contributed by atoms with van der Waals surface area (Å²) in [6.45, 7) is 17.8. The summed E-state index contributed by atoms with van der Waals surface area (Å²) in [4.78, 5) is 32.0. The van der Waals surface area contributed by atoms with Crippen molar-refractivity contribution in [3.63, 3.8) is 0 Å². The van der Waals surface area contributed by atoms with Gasteiger partial charge in [0.15, 0.2) is 0 Å². The van der Waals surface area contributed by atoms with E-state index in [4.69, 9.17) is 0 Å². The van der Waals surface area contributed by atoms with Gasteiger partial charge in [0, 0.05) is 50.8 Å². The Hall–Kier alpha value is -1.38. The zero-order valence-electron chi connectivity index (χ0n) is 26.5. The average Bonchev–Trinajstić information content (AvgIpc) is 2.99. The number of nitrogens with zero attached hydrogens (tertiary/aromatic N) is 8. The van der Waals surface area contributed by atoms with Crippen LogP contribution in [0.4, 0.5) is 23.8 Å². The van der Waals surface area contributed by atoms with Crippen LogP contribution in [0.2, 0.25) is 0 Å². The number of nitrogens with one attached hydrogen (secondary N) is 2. The molecule has 0 radical (unpaired) electrons. The summed E-state index contributed by atoms with van der Waals surface area (Å²) in [5, 5.41) is 8.06. The molecule has 14 heteroatoms. The number of hydrogen-bond acceptors (Lipinski definition) is 14. The fourth-order valence-corrected chi connectivity index (χ4v) is 7.90. The Morgan fingerprint density at radius 3 is 1.17 bits per heavy atom. The number of rotatable bonds is 25. The summed E-state index contributed by atoms with van der Waals surface area (Å²) in [6.07, 6.45) is 10.4. The minimum Gasteiger partial charge on any atom is -0.354 e. The standard InChI is InChI=1S/C28H52N10S4/c1-7-29-23-31-25(37(9-3)10-4)35-27(33-23)41-39-21-19-17-15-13-14-16-18-20-22-40-42-28-34-24(30-8-2)32-26(36-28)38(11-5)12-6/h7-22H2,1-6H3,(H,29,31,33,35)(H,30,32,34,36). The van der Waals surface area contributed by atoms with Crippen LogP contribution in [-0.2, 0) is 0 Å². The highest BCUT2D eigenvalue weighted by molar-refractivity contribution is 8.77. The normalized spacial score (nSPS) is 11.1. The van der Waals surface area contributed by atoms with Gasteiger partial charge in [0.25, 0.3) is 0 Å². The Kier molecular flexibility index (Phi) is 20.2. The van der Waals surface area contributed by atoms with Crippen LogP contribution in [-0.4, -0.2) is 80.7 Å². The Balaban J connectivity index is 1.54. The van der Waals surface area contributed by atoms with E-state index < -0.39 is 0 Å². The van der Waals surface area contributed by atoms with Crippen molar-refractivity contribution in [2.45, 2.75) is 103 Å². The van der Waals surface area contributed by atoms with Crippen LogP contribution in [0.3, 0.4) is 0 Å². The van der Waals surface area contributed by atoms with Crippen LogP contribution in [0, 0.1) is 0 Å². The second-order valence-corrected chi connectivity index (χ2v) is 14.3. The molecule has 0 amide bonds. The van der Waals surface area contributed by atoms with E-state index in [0.717, 1.165) is 73.0 Å². The number of hydrogen-bond donors (Lipinski definition) is 2. The summed E-state index contributed by atoms with van der Waals surface area (Å²) < 4.78 is 0. The zero-order chi connectivity index (χ0) is 30.4. The highest BCUT2D eigenvalue weighted by atomic mass is 33.1. The lowest BCUT2D eigenvalue weighted by Crippen LogP contribution is -2.25. The molecule has 2 rings (SSSR count). The molecule has 2 aromatic rings. The van der Waals surface area contributed by atoms with Crippen molar-refractivity contribution in [1.29, 1.82) is 0 Å². The summed E-state index contributed by atoms with van der Waals surface area (Å²) >= 11 is 0. The molecule has 0 aromatic carbocycles. The van der Waals surface area contributed by atoms with Gasteiger partial charge in [-0.05, 0) is 76.0 Å². The van der Waals surface area contributed by atoms with Crippen molar-refractivity contribution in [3.8, 4) is 0 Å². The second kappa shape index (κ2) is 23.1. The molecule has 42 heavy (non-hydrogen) atoms. The smallest absolute Gasteiger partial charge is 0.231 e. The Labute approximate surface area is 270 Å². The monoisotopic (exact) mass is 656 g/mol. The Morgan fingerprint density at radius 1 is 0.476 bits per heavy atom. The quantitative estimate of drug-likeness (QED) is 0.0798. The first kappa shape index (κ1) is 36.8. The van der Waals surface area contributed by atoms with E-state index in [2.05, 4.69) is 91.9 Å². The molecule has 0 saturated heterocycles. The molecule has 0 aliphatic carbocycles. The van der Waals surface area contributed by atoms with Crippen LogP contribution < -0.4 is 20.4 Å². The van der Waals surface area contributed by atoms with E-state index in [-0.39, 0.29) is 0 Å². The van der Waals surface area contributed by atoms with Gasteiger partial charge in [0.05, 0.1) is 0 Å². The van der Waals surface area contributed by atoms with E-state index in [9.17, 15) is 0 Å². The molecule has 0 atom stereocenters. The molecule has 2 heterocycles. The molecule has 238 valence electrons. The Morgan fingerprint density at radius 2 is 0.833 bits per heavy atom. The van der Waals surface area contributed by atoms with Crippen molar-refractivity contribution < 1.29 is 0 Å². The largest absolute Gasteiger partial charge is 0.354 e. The summed E-state index contributed by atoms with van der Waals surface area (Å²) in [5.41, 5.74) is 0. The molecule has 0 saturated carbocycles. The van der Waals surface area contributed by atoms with Crippen LogP contribution in [0.25, 0.3) is 0 Å². The van der Waals surface area contributed by atoms with E-state index >= 15 is 0 Å². The molecule has 0 unspecified atom stereocenters. The van der Waals surface area contributed by atoms with Crippen molar-refractivity contribution in [2.75, 3.05) is 71.2 Å². The minimum absolute atomic E-state index is 0.667. The van der Waals surface area contributed by atoms with E-state index in [1.807, 2.05) is 21.6 Å². The molecular formula is C28H52N10S4. The second-order valence-electron chi connectivity index (χ2n) is 9.53. The first-order chi connectivity index (χ1) is 20.6. The van der Waals surface area contributed by atoms with E-state index in [1.54, 1.807) is 21.6 Å². The molecule has 0 fully saturated rings. The third-order valence-corrected chi connectivity index (χ3v) is 10.9. The first-order valence-corrected chi connectivity index (χ1v) is 20.3. The van der Waals surface area contributed by atoms with Gasteiger partial charge in [-0.3, -0.25) is 0 Å². The van der Waals surface area contributed by atoms with Crippen molar-refractivity contribution >= 4 is 67.0 Å². The van der Waals surface area contributed by atoms with Gasteiger partial charge < -0.3 is 20.4 Å². The van der Waals surface area contributed by atoms with Crippen molar-refractivity contribution in [3.05, 3.63) is 0 Å². The maximum Gasteiger partial charge on any atom is 0.231 e. The predicted molar refractivity (Wildman–Crippen MR) is 189 cm³/mol. The van der Waals surface area contributed by atoms with Crippen LogP contribution in [0.1, 0.15) is 92.9 Å². The van der Waals surface area contributed by atoms with Gasteiger partial charge in [-0.15, -0.1) is 0 Å². The van der Waals surface area contributed by atoms with Gasteiger partial charge in [-0.1, -0.05) is 60.1 Å². The lowest BCUT2D eigenvalue weighted by atomic mass is 10.1. The van der Waals surface area contributed by atoms with Gasteiger partial charge in [0.2, 0.25) is 34.1 Å². The topological polar surface area (TPSA) is 108 Å². The van der Waals surface area contributed by atoms with Gasteiger partial charge in [0.1, 0.15) is 0 Å². The SMILES string of the molecule is CCNc1nc(SSCCCCCCCCCCSSc2nc(NCC)nc(N(CC)CC)n2)nc(N(CC)CC)n1. The number of aromatic nitrogens is 6. The lowest BCUT2D eigenvalue weighted by Gasteiger charge is -2.19. The summed E-state index contributed by atoms with van der Waals surface area (Å²) in [6, 6.07) is 0. The fourth-order valence-electron chi connectivity index (χ4n) is 4.11. The zero-order valence-corrected chi connectivity index (χ0v) is 29.8. The fraction of sp³-hybridized carbons (Fsp3) is 0.786. The molecule has 2 aromatic heterocycles. The van der Waals surface area contributed by atoms with Gasteiger partial charge in [-0.25, -0.2) is 0 Å². The molecular weight excluding hydrogens is 605 g/mol. The molecule has 0 aliphatic heterocycles. The van der Waals surface area contributed by atoms with E-state index in [0.29, 0.717) is 11.9 Å². The van der Waals surface area contributed by atoms with Crippen LogP contribution in [0.15, 0.2) is 10.3 Å². The Bertz CT molecular complexity index is 902. The summed E-state index contributed by atoms with van der Waals surface area (Å²) in [5.74, 6) is 5.10.